The lowest BCUT2D eigenvalue weighted by molar-refractivity contribution is 0.0378. The van der Waals surface area contributed by atoms with Gasteiger partial charge in [-0.1, -0.05) is 35.9 Å². The first-order chi connectivity index (χ1) is 15.8. The van der Waals surface area contributed by atoms with Gasteiger partial charge in [0, 0.05) is 35.9 Å². The number of hydrogen-bond acceptors (Lipinski definition) is 4. The summed E-state index contributed by atoms with van der Waals surface area (Å²) in [5.41, 5.74) is 5.46. The van der Waals surface area contributed by atoms with E-state index in [2.05, 4.69) is 31.0 Å². The van der Waals surface area contributed by atoms with Crippen LogP contribution in [-0.2, 0) is 16.7 Å². The Bertz CT molecular complexity index is 1250. The predicted molar refractivity (Wildman–Crippen MR) is 133 cm³/mol. The normalized spacial score (nSPS) is 23.2. The number of aromatic amines is 1. The van der Waals surface area contributed by atoms with Gasteiger partial charge in [0.05, 0.1) is 11.7 Å². The van der Waals surface area contributed by atoms with Crippen LogP contribution in [0.25, 0.3) is 6.08 Å². The maximum atomic E-state index is 12.2. The maximum Gasteiger partial charge on any atom is 0.338 e. The molecule has 0 amide bonds. The van der Waals surface area contributed by atoms with Crippen LogP contribution < -0.4 is 5.56 Å². The SMILES string of the molecule is C/C=C1\C2C=C(C)CC1(N=C/C=C/c1cccc(C(=O)OC(C)C)c1)c1ccc(=O)[nH]c1C2. The summed E-state index contributed by atoms with van der Waals surface area (Å²) >= 11 is 0. The molecule has 33 heavy (non-hydrogen) atoms. The zero-order chi connectivity index (χ0) is 23.6. The number of pyridine rings is 1. The van der Waals surface area contributed by atoms with Crippen molar-refractivity contribution in [3.8, 4) is 0 Å². The van der Waals surface area contributed by atoms with Gasteiger partial charge in [0.2, 0.25) is 5.56 Å². The third-order valence-corrected chi connectivity index (χ3v) is 6.21. The number of hydrogen-bond donors (Lipinski definition) is 1. The predicted octanol–water partition coefficient (Wildman–Crippen LogP) is 5.39. The van der Waals surface area contributed by atoms with Crippen molar-refractivity contribution < 1.29 is 9.53 Å². The summed E-state index contributed by atoms with van der Waals surface area (Å²) in [6, 6.07) is 10.9. The van der Waals surface area contributed by atoms with Crippen molar-refractivity contribution in [3.05, 3.63) is 98.5 Å². The maximum absolute atomic E-state index is 12.2. The summed E-state index contributed by atoms with van der Waals surface area (Å²) in [5.74, 6) is -0.0899. The van der Waals surface area contributed by atoms with Gasteiger partial charge in [0.1, 0.15) is 5.54 Å². The second-order valence-corrected chi connectivity index (χ2v) is 9.04. The second kappa shape index (κ2) is 9.18. The van der Waals surface area contributed by atoms with E-state index in [1.807, 2.05) is 56.5 Å². The molecule has 2 atom stereocenters. The van der Waals surface area contributed by atoms with Crippen molar-refractivity contribution in [2.45, 2.75) is 52.2 Å². The van der Waals surface area contributed by atoms with E-state index >= 15 is 0 Å². The Morgan fingerprint density at radius 3 is 2.85 bits per heavy atom. The molecule has 4 rings (SSSR count). The Morgan fingerprint density at radius 2 is 2.09 bits per heavy atom. The molecule has 2 aliphatic rings. The van der Waals surface area contributed by atoms with Crippen LogP contribution in [0.4, 0.5) is 0 Å². The van der Waals surface area contributed by atoms with Crippen LogP contribution in [0.15, 0.2) is 75.6 Å². The van der Waals surface area contributed by atoms with Gasteiger partial charge < -0.3 is 9.72 Å². The molecule has 0 aliphatic heterocycles. The Labute approximate surface area is 194 Å². The van der Waals surface area contributed by atoms with Gasteiger partial charge in [-0.2, -0.15) is 0 Å². The lowest BCUT2D eigenvalue weighted by Gasteiger charge is -2.45. The van der Waals surface area contributed by atoms with E-state index in [4.69, 9.17) is 9.73 Å². The summed E-state index contributed by atoms with van der Waals surface area (Å²) in [6.45, 7) is 7.89. The molecular weight excluding hydrogens is 412 g/mol. The minimum Gasteiger partial charge on any atom is -0.459 e. The number of rotatable bonds is 5. The minimum absolute atomic E-state index is 0.0775. The molecule has 0 saturated carbocycles. The molecule has 0 fully saturated rings. The molecule has 2 unspecified atom stereocenters. The van der Waals surface area contributed by atoms with Crippen molar-refractivity contribution in [1.29, 1.82) is 0 Å². The third kappa shape index (κ3) is 4.54. The molecule has 0 radical (unpaired) electrons. The van der Waals surface area contributed by atoms with Crippen molar-refractivity contribution in [2.24, 2.45) is 10.9 Å². The topological polar surface area (TPSA) is 71.5 Å². The number of carbonyl (C=O) groups excluding carboxylic acids is 1. The molecule has 0 spiro atoms. The molecular formula is C28H30N2O3. The summed E-state index contributed by atoms with van der Waals surface area (Å²) in [4.78, 5) is 32.3. The molecule has 1 aromatic carbocycles. The molecule has 1 N–H and O–H groups in total. The van der Waals surface area contributed by atoms with Gasteiger partial charge in [-0.15, -0.1) is 0 Å². The molecule has 1 heterocycles. The number of nitrogens with one attached hydrogen (secondary N) is 1. The van der Waals surface area contributed by atoms with Gasteiger partial charge in [-0.25, -0.2) is 4.79 Å². The lowest BCUT2D eigenvalue weighted by atomic mass is 9.63. The highest BCUT2D eigenvalue weighted by atomic mass is 16.5. The van der Waals surface area contributed by atoms with Crippen molar-refractivity contribution in [2.75, 3.05) is 0 Å². The van der Waals surface area contributed by atoms with Gasteiger partial charge in [0.25, 0.3) is 0 Å². The number of fused-ring (bicyclic) bond motifs is 4. The Kier molecular flexibility index (Phi) is 6.32. The summed E-state index contributed by atoms with van der Waals surface area (Å²) < 4.78 is 5.29. The van der Waals surface area contributed by atoms with Gasteiger partial charge >= 0.3 is 5.97 Å². The zero-order valence-corrected chi connectivity index (χ0v) is 19.6. The Hall–Kier alpha value is -3.47. The fourth-order valence-corrected chi connectivity index (χ4v) is 5.03. The van der Waals surface area contributed by atoms with E-state index in [0.717, 1.165) is 29.7 Å². The van der Waals surface area contributed by atoms with E-state index in [1.165, 1.54) is 11.1 Å². The molecule has 2 aliphatic carbocycles. The number of allylic oxidation sites excluding steroid dienone is 3. The monoisotopic (exact) mass is 442 g/mol. The number of benzene rings is 1. The Morgan fingerprint density at radius 1 is 1.27 bits per heavy atom. The Balaban J connectivity index is 1.66. The zero-order valence-electron chi connectivity index (χ0n) is 19.6. The second-order valence-electron chi connectivity index (χ2n) is 9.04. The average molecular weight is 443 g/mol. The quantitative estimate of drug-likeness (QED) is 0.383. The number of H-pyrrole nitrogens is 1. The van der Waals surface area contributed by atoms with Gasteiger partial charge in [0.15, 0.2) is 0 Å². The molecule has 0 saturated heterocycles. The lowest BCUT2D eigenvalue weighted by Crippen LogP contribution is -2.40. The number of aromatic nitrogens is 1. The largest absolute Gasteiger partial charge is 0.459 e. The summed E-state index contributed by atoms with van der Waals surface area (Å²) in [7, 11) is 0. The first-order valence-corrected chi connectivity index (χ1v) is 11.4. The average Bonchev–Trinajstić information content (AvgIpc) is 2.76. The number of ether oxygens (including phenoxy) is 1. The number of esters is 1. The van der Waals surface area contributed by atoms with E-state index in [0.29, 0.717) is 5.56 Å². The first kappa shape index (κ1) is 22.7. The highest BCUT2D eigenvalue weighted by Gasteiger charge is 2.46. The number of carbonyl (C=O) groups is 1. The first-order valence-electron chi connectivity index (χ1n) is 11.4. The van der Waals surface area contributed by atoms with Crippen LogP contribution >= 0.6 is 0 Å². The number of nitrogens with zero attached hydrogens (tertiary/aromatic N) is 1. The highest BCUT2D eigenvalue weighted by molar-refractivity contribution is 5.90. The smallest absolute Gasteiger partial charge is 0.338 e. The third-order valence-electron chi connectivity index (χ3n) is 6.21. The molecule has 170 valence electrons. The van der Waals surface area contributed by atoms with Crippen LogP contribution in [-0.4, -0.2) is 23.3 Å². The van der Waals surface area contributed by atoms with Crippen LogP contribution in [0.2, 0.25) is 0 Å². The van der Waals surface area contributed by atoms with Crippen LogP contribution in [0.1, 0.15) is 61.3 Å². The molecule has 1 aromatic heterocycles. The van der Waals surface area contributed by atoms with Crippen molar-refractivity contribution in [3.63, 3.8) is 0 Å². The highest BCUT2D eigenvalue weighted by Crippen LogP contribution is 2.51. The summed E-state index contributed by atoms with van der Waals surface area (Å²) in [6.07, 6.45) is 11.5. The molecule has 5 heteroatoms. The van der Waals surface area contributed by atoms with E-state index in [-0.39, 0.29) is 23.6 Å². The standard InChI is InChI=1S/C28H30N2O3/c1-5-23-22-14-19(4)17-28(23,24-11-12-26(31)30-25(24)16-22)29-13-7-9-20-8-6-10-21(15-20)27(32)33-18(2)3/h5-15,18,22H,16-17H2,1-4H3,(H,30,31)/b9-7+,23-5+,29-13?. The van der Waals surface area contributed by atoms with Crippen molar-refractivity contribution >= 4 is 18.3 Å². The van der Waals surface area contributed by atoms with Crippen molar-refractivity contribution in [1.82, 2.24) is 4.98 Å². The van der Waals surface area contributed by atoms with E-state index in [9.17, 15) is 9.59 Å². The minimum atomic E-state index is -0.511. The van der Waals surface area contributed by atoms with Crippen LogP contribution in [0.3, 0.4) is 0 Å². The summed E-state index contributed by atoms with van der Waals surface area (Å²) in [5, 5.41) is 0. The van der Waals surface area contributed by atoms with E-state index < -0.39 is 5.54 Å². The molecule has 2 bridgehead atoms. The van der Waals surface area contributed by atoms with Gasteiger partial charge in [-0.05, 0) is 69.5 Å². The fourth-order valence-electron chi connectivity index (χ4n) is 5.03. The number of aliphatic imine (C=N–C) groups is 1. The molecule has 2 aromatic rings. The van der Waals surface area contributed by atoms with Crippen LogP contribution in [0, 0.1) is 5.92 Å². The van der Waals surface area contributed by atoms with Gasteiger partial charge in [-0.3, -0.25) is 9.79 Å². The van der Waals surface area contributed by atoms with E-state index in [1.54, 1.807) is 12.1 Å². The molecule has 5 nitrogen and oxygen atoms in total. The van der Waals surface area contributed by atoms with Crippen LogP contribution in [0.5, 0.6) is 0 Å². The fraction of sp³-hybridized carbons (Fsp3) is 0.321.